The summed E-state index contributed by atoms with van der Waals surface area (Å²) in [5.74, 6) is 3.23. The molecule has 1 saturated carbocycles. The van der Waals surface area contributed by atoms with E-state index in [0.29, 0.717) is 23.0 Å². The van der Waals surface area contributed by atoms with Crippen LogP contribution >= 0.6 is 0 Å². The SMILES string of the molecule is CCS(=O)(=O)N[C@H]1CC[C@H](CN2CCC3(CC2)CN(c2ncnc4ccc(CCc5nc(C)no5)cc24)C3)CC1. The van der Waals surface area contributed by atoms with Crippen molar-refractivity contribution in [3.63, 3.8) is 0 Å². The Hall–Kier alpha value is -2.63. The van der Waals surface area contributed by atoms with Crippen LogP contribution in [-0.2, 0) is 22.9 Å². The van der Waals surface area contributed by atoms with Crippen LogP contribution in [0.5, 0.6) is 0 Å². The molecule has 3 aliphatic rings. The first-order valence-electron chi connectivity index (χ1n) is 14.8. The summed E-state index contributed by atoms with van der Waals surface area (Å²) in [6.45, 7) is 9.11. The molecule has 3 fully saturated rings. The number of benzene rings is 1. The highest BCUT2D eigenvalue weighted by Gasteiger charge is 2.46. The smallest absolute Gasteiger partial charge is 0.226 e. The Labute approximate surface area is 237 Å². The summed E-state index contributed by atoms with van der Waals surface area (Å²) in [6, 6.07) is 6.57. The van der Waals surface area contributed by atoms with Gasteiger partial charge >= 0.3 is 0 Å². The number of hydrogen-bond acceptors (Lipinski definition) is 9. The number of rotatable bonds is 9. The zero-order valence-electron chi connectivity index (χ0n) is 23.7. The largest absolute Gasteiger partial charge is 0.355 e. The molecule has 1 aromatic carbocycles. The van der Waals surface area contributed by atoms with Gasteiger partial charge in [0.05, 0.1) is 11.3 Å². The summed E-state index contributed by atoms with van der Waals surface area (Å²) in [5.41, 5.74) is 2.59. The average Bonchev–Trinajstić information content (AvgIpc) is 3.37. The molecule has 6 rings (SSSR count). The fraction of sp³-hybridized carbons (Fsp3) is 0.655. The van der Waals surface area contributed by atoms with Crippen molar-refractivity contribution in [2.24, 2.45) is 11.3 Å². The normalized spacial score (nSPS) is 23.5. The number of anilines is 1. The van der Waals surface area contributed by atoms with Crippen molar-refractivity contribution in [3.8, 4) is 0 Å². The molecule has 0 atom stereocenters. The standard InChI is InChI=1S/C29H41N7O3S/c1-3-40(37,38)34-24-8-4-23(5-9-24)17-35-14-12-29(13-15-35)18-36(19-29)28-25-16-22(6-10-26(25)30-20-31-28)7-11-27-32-21(2)33-39-27/h6,10,16,20,23-24,34H,3-5,7-9,11-15,17-19H2,1-2H3/t23-,24-. The number of nitrogens with one attached hydrogen (secondary N) is 1. The third kappa shape index (κ3) is 6.16. The predicted molar refractivity (Wildman–Crippen MR) is 155 cm³/mol. The lowest BCUT2D eigenvalue weighted by molar-refractivity contribution is 0.0621. The van der Waals surface area contributed by atoms with E-state index in [1.54, 1.807) is 13.3 Å². The van der Waals surface area contributed by atoms with Gasteiger partial charge in [0.25, 0.3) is 0 Å². The fourth-order valence-corrected chi connectivity index (χ4v) is 7.71. The minimum atomic E-state index is -3.11. The Morgan fingerprint density at radius 1 is 1.07 bits per heavy atom. The zero-order valence-corrected chi connectivity index (χ0v) is 24.5. The molecule has 1 N–H and O–H groups in total. The van der Waals surface area contributed by atoms with E-state index in [-0.39, 0.29) is 11.8 Å². The van der Waals surface area contributed by atoms with Crippen LogP contribution in [0.3, 0.4) is 0 Å². The van der Waals surface area contributed by atoms with Gasteiger partial charge in [-0.05, 0) is 95.5 Å². The minimum Gasteiger partial charge on any atom is -0.355 e. The first-order chi connectivity index (χ1) is 19.3. The molecule has 1 spiro atoms. The van der Waals surface area contributed by atoms with Crippen molar-refractivity contribution < 1.29 is 12.9 Å². The van der Waals surface area contributed by atoms with Crippen LogP contribution in [0.2, 0.25) is 0 Å². The number of piperidine rings is 1. The summed E-state index contributed by atoms with van der Waals surface area (Å²) in [6.07, 6.45) is 9.85. The molecule has 4 heterocycles. The Morgan fingerprint density at radius 3 is 2.55 bits per heavy atom. The monoisotopic (exact) mass is 567 g/mol. The zero-order chi connectivity index (χ0) is 27.7. The second-order valence-corrected chi connectivity index (χ2v) is 14.2. The Kier molecular flexibility index (Phi) is 7.80. The molecule has 0 bridgehead atoms. The van der Waals surface area contributed by atoms with Crippen LogP contribution in [0.25, 0.3) is 10.9 Å². The molecule has 40 heavy (non-hydrogen) atoms. The van der Waals surface area contributed by atoms with Gasteiger partial charge < -0.3 is 14.3 Å². The molecule has 3 aromatic rings. The van der Waals surface area contributed by atoms with Crippen molar-refractivity contribution in [2.45, 2.75) is 71.3 Å². The molecular formula is C29H41N7O3S. The Bertz CT molecular complexity index is 1420. The van der Waals surface area contributed by atoms with Crippen LogP contribution < -0.4 is 9.62 Å². The molecule has 2 saturated heterocycles. The number of hydrogen-bond donors (Lipinski definition) is 1. The maximum Gasteiger partial charge on any atom is 0.226 e. The first kappa shape index (κ1) is 27.5. The average molecular weight is 568 g/mol. The fourth-order valence-electron chi connectivity index (χ4n) is 6.80. The number of sulfonamides is 1. The lowest BCUT2D eigenvalue weighted by atomic mass is 9.71. The molecular weight excluding hydrogens is 526 g/mol. The van der Waals surface area contributed by atoms with Crippen molar-refractivity contribution in [1.82, 2.24) is 29.7 Å². The number of likely N-dealkylation sites (tertiary alicyclic amines) is 1. The molecule has 2 aliphatic heterocycles. The van der Waals surface area contributed by atoms with E-state index in [0.717, 1.165) is 88.0 Å². The highest BCUT2D eigenvalue weighted by Crippen LogP contribution is 2.44. The second-order valence-electron chi connectivity index (χ2n) is 12.2. The minimum absolute atomic E-state index is 0.121. The summed E-state index contributed by atoms with van der Waals surface area (Å²) in [7, 11) is -3.11. The number of nitrogens with zero attached hydrogens (tertiary/aromatic N) is 6. The van der Waals surface area contributed by atoms with E-state index in [9.17, 15) is 8.42 Å². The van der Waals surface area contributed by atoms with E-state index in [2.05, 4.69) is 47.8 Å². The van der Waals surface area contributed by atoms with Crippen LogP contribution in [0, 0.1) is 18.3 Å². The summed E-state index contributed by atoms with van der Waals surface area (Å²) in [4.78, 5) is 18.6. The first-order valence-corrected chi connectivity index (χ1v) is 16.5. The second kappa shape index (κ2) is 11.3. The van der Waals surface area contributed by atoms with E-state index >= 15 is 0 Å². The van der Waals surface area contributed by atoms with Gasteiger partial charge in [0.15, 0.2) is 5.82 Å². The van der Waals surface area contributed by atoms with E-state index in [1.165, 1.54) is 18.4 Å². The van der Waals surface area contributed by atoms with Gasteiger partial charge in [0.2, 0.25) is 15.9 Å². The molecule has 216 valence electrons. The third-order valence-electron chi connectivity index (χ3n) is 9.23. The summed E-state index contributed by atoms with van der Waals surface area (Å²) >= 11 is 0. The van der Waals surface area contributed by atoms with Crippen molar-refractivity contribution in [3.05, 3.63) is 41.8 Å². The molecule has 1 aliphatic carbocycles. The van der Waals surface area contributed by atoms with Crippen molar-refractivity contribution in [1.29, 1.82) is 0 Å². The summed E-state index contributed by atoms with van der Waals surface area (Å²) in [5, 5.41) is 5.01. The van der Waals surface area contributed by atoms with Gasteiger partial charge in [0.1, 0.15) is 12.1 Å². The van der Waals surface area contributed by atoms with Gasteiger partial charge in [-0.1, -0.05) is 11.2 Å². The Balaban J connectivity index is 1.00. The maximum absolute atomic E-state index is 11.9. The third-order valence-corrected chi connectivity index (χ3v) is 10.7. The lowest BCUT2D eigenvalue weighted by Gasteiger charge is -2.55. The molecule has 0 amide bonds. The van der Waals surface area contributed by atoms with Gasteiger partial charge in [0, 0.05) is 42.9 Å². The predicted octanol–water partition coefficient (Wildman–Crippen LogP) is 3.51. The molecule has 0 unspecified atom stereocenters. The van der Waals surface area contributed by atoms with Gasteiger partial charge in [-0.2, -0.15) is 4.98 Å². The number of fused-ring (bicyclic) bond motifs is 1. The topological polar surface area (TPSA) is 117 Å². The quantitative estimate of drug-likeness (QED) is 0.414. The van der Waals surface area contributed by atoms with Gasteiger partial charge in [-0.15, -0.1) is 0 Å². The molecule has 0 radical (unpaired) electrons. The number of aryl methyl sites for hydroxylation is 3. The van der Waals surface area contributed by atoms with Crippen molar-refractivity contribution in [2.75, 3.05) is 43.4 Å². The molecule has 11 heteroatoms. The Morgan fingerprint density at radius 2 is 1.85 bits per heavy atom. The van der Waals surface area contributed by atoms with Gasteiger partial charge in [-0.3, -0.25) is 0 Å². The summed E-state index contributed by atoms with van der Waals surface area (Å²) < 4.78 is 31.9. The number of aromatic nitrogens is 4. The maximum atomic E-state index is 11.9. The molecule has 10 nitrogen and oxygen atoms in total. The van der Waals surface area contributed by atoms with E-state index in [4.69, 9.17) is 9.51 Å². The van der Waals surface area contributed by atoms with Gasteiger partial charge in [-0.25, -0.2) is 23.1 Å². The lowest BCUT2D eigenvalue weighted by Crippen LogP contribution is -2.61. The van der Waals surface area contributed by atoms with E-state index in [1.807, 2.05) is 6.92 Å². The molecule has 2 aromatic heterocycles. The van der Waals surface area contributed by atoms with Crippen LogP contribution in [0.15, 0.2) is 29.0 Å². The van der Waals surface area contributed by atoms with Crippen LogP contribution in [-0.4, -0.2) is 77.9 Å². The van der Waals surface area contributed by atoms with Crippen LogP contribution in [0.1, 0.15) is 62.7 Å². The van der Waals surface area contributed by atoms with Crippen molar-refractivity contribution >= 4 is 26.7 Å². The van der Waals surface area contributed by atoms with Crippen LogP contribution in [0.4, 0.5) is 5.82 Å². The highest BCUT2D eigenvalue weighted by atomic mass is 32.2. The van der Waals surface area contributed by atoms with E-state index < -0.39 is 10.0 Å². The highest BCUT2D eigenvalue weighted by molar-refractivity contribution is 7.89.